The third-order valence-corrected chi connectivity index (χ3v) is 6.24. The van der Waals surface area contributed by atoms with Gasteiger partial charge in [-0.05, 0) is 53.2 Å². The minimum absolute atomic E-state index is 0.106. The molecule has 9 heteroatoms. The topological polar surface area (TPSA) is 79.2 Å². The van der Waals surface area contributed by atoms with E-state index in [0.717, 1.165) is 48.8 Å². The largest absolute Gasteiger partial charge is 0.369 e. The molecule has 3 aromatic rings. The zero-order chi connectivity index (χ0) is 22.3. The van der Waals surface area contributed by atoms with Gasteiger partial charge in [0.1, 0.15) is 0 Å². The van der Waals surface area contributed by atoms with Crippen molar-refractivity contribution in [2.75, 3.05) is 48.7 Å². The highest BCUT2D eigenvalue weighted by Gasteiger charge is 2.17. The monoisotopic (exact) mass is 447 g/mol. The van der Waals surface area contributed by atoms with Crippen LogP contribution in [0.3, 0.4) is 0 Å². The fourth-order valence-electron chi connectivity index (χ4n) is 3.60. The summed E-state index contributed by atoms with van der Waals surface area (Å²) in [5.41, 5.74) is 3.87. The van der Waals surface area contributed by atoms with E-state index in [-0.39, 0.29) is 11.7 Å². The first-order valence-electron chi connectivity index (χ1n) is 10.4. The summed E-state index contributed by atoms with van der Waals surface area (Å²) in [6.07, 6.45) is 5.40. The van der Waals surface area contributed by atoms with Gasteiger partial charge in [0.2, 0.25) is 11.1 Å². The molecular formula is C23H25N7OS. The predicted molar refractivity (Wildman–Crippen MR) is 127 cm³/mol. The smallest absolute Gasteiger partial charge is 0.234 e. The second-order valence-electron chi connectivity index (χ2n) is 7.51. The fourth-order valence-corrected chi connectivity index (χ4v) is 4.28. The molecule has 4 rings (SSSR count). The first-order valence-corrected chi connectivity index (χ1v) is 11.4. The van der Waals surface area contributed by atoms with E-state index in [1.807, 2.05) is 55.5 Å². The number of para-hydroxylation sites is 1. The summed E-state index contributed by atoms with van der Waals surface area (Å²) < 4.78 is 1.66. The zero-order valence-electron chi connectivity index (χ0n) is 17.9. The van der Waals surface area contributed by atoms with Crippen molar-refractivity contribution in [2.45, 2.75) is 12.1 Å². The third-order valence-electron chi connectivity index (χ3n) is 5.32. The molecule has 0 saturated carbocycles. The lowest BCUT2D eigenvalue weighted by molar-refractivity contribution is -0.113. The van der Waals surface area contributed by atoms with E-state index in [0.29, 0.717) is 11.7 Å². The van der Waals surface area contributed by atoms with Gasteiger partial charge in [-0.1, -0.05) is 35.9 Å². The van der Waals surface area contributed by atoms with Gasteiger partial charge in [0.15, 0.2) is 0 Å². The zero-order valence-corrected chi connectivity index (χ0v) is 18.8. The van der Waals surface area contributed by atoms with Gasteiger partial charge in [-0.15, -0.1) is 11.5 Å². The van der Waals surface area contributed by atoms with Crippen LogP contribution in [0, 0.1) is 19.3 Å². The molecule has 2 aromatic carbocycles. The SMILES string of the molecule is C#CCN1CCN(c2ccc(NC(=O)CSc3nnnn3-c3ccccc3C)cc2)CC1. The first kappa shape index (κ1) is 21.9. The number of anilines is 2. The molecule has 1 saturated heterocycles. The minimum Gasteiger partial charge on any atom is -0.369 e. The Morgan fingerprint density at radius 2 is 1.88 bits per heavy atom. The van der Waals surface area contributed by atoms with E-state index in [4.69, 9.17) is 6.42 Å². The number of nitrogens with zero attached hydrogens (tertiary/aromatic N) is 6. The van der Waals surface area contributed by atoms with Crippen molar-refractivity contribution >= 4 is 29.0 Å². The molecule has 0 bridgehead atoms. The van der Waals surface area contributed by atoms with Crippen LogP contribution in [0.4, 0.5) is 11.4 Å². The highest BCUT2D eigenvalue weighted by molar-refractivity contribution is 7.99. The standard InChI is InChI=1S/C23H25N7OS/c1-3-12-28-13-15-29(16-14-28)20-10-8-19(9-11-20)24-22(31)17-32-23-25-26-27-30(23)21-7-5-4-6-18(21)2/h1,4-11H,12-17H2,2H3,(H,24,31). The molecule has 32 heavy (non-hydrogen) atoms. The number of rotatable bonds is 7. The van der Waals surface area contributed by atoms with E-state index in [1.54, 1.807) is 4.68 Å². The van der Waals surface area contributed by atoms with Gasteiger partial charge >= 0.3 is 0 Å². The van der Waals surface area contributed by atoms with Crippen LogP contribution in [0.5, 0.6) is 0 Å². The summed E-state index contributed by atoms with van der Waals surface area (Å²) in [6, 6.07) is 15.8. The van der Waals surface area contributed by atoms with E-state index in [9.17, 15) is 4.79 Å². The first-order chi connectivity index (χ1) is 15.6. The van der Waals surface area contributed by atoms with Crippen LogP contribution >= 0.6 is 11.8 Å². The second-order valence-corrected chi connectivity index (χ2v) is 8.45. The van der Waals surface area contributed by atoms with Crippen LogP contribution in [-0.4, -0.2) is 69.5 Å². The van der Waals surface area contributed by atoms with E-state index in [2.05, 4.69) is 36.6 Å². The third kappa shape index (κ3) is 5.28. The maximum Gasteiger partial charge on any atom is 0.234 e. The average Bonchev–Trinajstić information content (AvgIpc) is 3.28. The molecule has 0 unspecified atom stereocenters. The number of amides is 1. The van der Waals surface area contributed by atoms with Gasteiger partial charge in [-0.25, -0.2) is 0 Å². The Hall–Kier alpha value is -3.35. The molecule has 2 heterocycles. The number of benzene rings is 2. The lowest BCUT2D eigenvalue weighted by atomic mass is 10.2. The summed E-state index contributed by atoms with van der Waals surface area (Å²) in [5.74, 6) is 2.81. The highest BCUT2D eigenvalue weighted by atomic mass is 32.2. The quantitative estimate of drug-likeness (QED) is 0.440. The summed E-state index contributed by atoms with van der Waals surface area (Å²) in [7, 11) is 0. The molecular weight excluding hydrogens is 422 g/mol. The van der Waals surface area contributed by atoms with Crippen molar-refractivity contribution < 1.29 is 4.79 Å². The number of piperazine rings is 1. The Kier molecular flexibility index (Phi) is 7.04. The fraction of sp³-hybridized carbons (Fsp3) is 0.304. The molecule has 1 aliphatic heterocycles. The van der Waals surface area contributed by atoms with Crippen LogP contribution in [0.1, 0.15) is 5.56 Å². The molecule has 0 atom stereocenters. The molecule has 0 spiro atoms. The number of tetrazole rings is 1. The molecule has 0 radical (unpaired) electrons. The number of hydrogen-bond donors (Lipinski definition) is 1. The van der Waals surface area contributed by atoms with Gasteiger partial charge in [0, 0.05) is 37.6 Å². The number of aryl methyl sites for hydroxylation is 1. The lowest BCUT2D eigenvalue weighted by Gasteiger charge is -2.35. The van der Waals surface area contributed by atoms with E-state index in [1.165, 1.54) is 11.8 Å². The summed E-state index contributed by atoms with van der Waals surface area (Å²) >= 11 is 1.30. The molecule has 1 fully saturated rings. The number of thioether (sulfide) groups is 1. The van der Waals surface area contributed by atoms with E-state index < -0.39 is 0 Å². The number of nitrogens with one attached hydrogen (secondary N) is 1. The Morgan fingerprint density at radius 1 is 1.12 bits per heavy atom. The van der Waals surface area contributed by atoms with Gasteiger partial charge in [-0.2, -0.15) is 4.68 Å². The maximum absolute atomic E-state index is 12.5. The molecule has 1 N–H and O–H groups in total. The van der Waals surface area contributed by atoms with Crippen LogP contribution in [0.15, 0.2) is 53.7 Å². The number of hydrogen-bond acceptors (Lipinski definition) is 7. The minimum atomic E-state index is -0.106. The highest BCUT2D eigenvalue weighted by Crippen LogP contribution is 2.22. The van der Waals surface area contributed by atoms with Crippen molar-refractivity contribution in [3.05, 3.63) is 54.1 Å². The van der Waals surface area contributed by atoms with Gasteiger partial charge < -0.3 is 10.2 Å². The van der Waals surface area contributed by atoms with Crippen LogP contribution in [0.2, 0.25) is 0 Å². The molecule has 8 nitrogen and oxygen atoms in total. The summed E-state index contributed by atoms with van der Waals surface area (Å²) in [5, 5.41) is 15.4. The van der Waals surface area contributed by atoms with Gasteiger partial charge in [-0.3, -0.25) is 9.69 Å². The van der Waals surface area contributed by atoms with Crippen LogP contribution < -0.4 is 10.2 Å². The van der Waals surface area contributed by atoms with Crippen molar-refractivity contribution in [2.24, 2.45) is 0 Å². The molecule has 0 aliphatic carbocycles. The van der Waals surface area contributed by atoms with Crippen molar-refractivity contribution in [3.63, 3.8) is 0 Å². The van der Waals surface area contributed by atoms with Crippen LogP contribution in [-0.2, 0) is 4.79 Å². The van der Waals surface area contributed by atoms with Crippen LogP contribution in [0.25, 0.3) is 5.69 Å². The number of aromatic nitrogens is 4. The maximum atomic E-state index is 12.5. The van der Waals surface area contributed by atoms with Crippen molar-refractivity contribution in [3.8, 4) is 18.0 Å². The Morgan fingerprint density at radius 3 is 2.59 bits per heavy atom. The van der Waals surface area contributed by atoms with E-state index >= 15 is 0 Å². The summed E-state index contributed by atoms with van der Waals surface area (Å²) in [6.45, 7) is 6.51. The summed E-state index contributed by atoms with van der Waals surface area (Å²) in [4.78, 5) is 17.1. The lowest BCUT2D eigenvalue weighted by Crippen LogP contribution is -2.46. The number of carbonyl (C=O) groups is 1. The Balaban J connectivity index is 1.30. The molecule has 1 aromatic heterocycles. The molecule has 1 amide bonds. The number of carbonyl (C=O) groups excluding carboxylic acids is 1. The average molecular weight is 448 g/mol. The van der Waals surface area contributed by atoms with Crippen molar-refractivity contribution in [1.29, 1.82) is 0 Å². The van der Waals surface area contributed by atoms with Gasteiger partial charge in [0.05, 0.1) is 18.0 Å². The molecule has 1 aliphatic rings. The Labute approximate surface area is 192 Å². The van der Waals surface area contributed by atoms with Gasteiger partial charge in [0.25, 0.3) is 0 Å². The normalized spacial score (nSPS) is 14.2. The predicted octanol–water partition coefficient (Wildman–Crippen LogP) is 2.46. The molecule has 164 valence electrons. The Bertz CT molecular complexity index is 1100. The number of terminal acetylenes is 1. The van der Waals surface area contributed by atoms with Crippen molar-refractivity contribution in [1.82, 2.24) is 25.1 Å². The second kappa shape index (κ2) is 10.3.